The predicted molar refractivity (Wildman–Crippen MR) is 85.3 cm³/mol. The van der Waals surface area contributed by atoms with Crippen LogP contribution in [0.25, 0.3) is 11.4 Å². The molecule has 1 saturated heterocycles. The molecule has 2 heterocycles. The van der Waals surface area contributed by atoms with Crippen molar-refractivity contribution in [1.29, 1.82) is 0 Å². The molecule has 0 N–H and O–H groups in total. The maximum atomic E-state index is 12.3. The molecule has 1 aromatic carbocycles. The molecule has 1 unspecified atom stereocenters. The Hall–Kier alpha value is -2.57. The predicted octanol–water partition coefficient (Wildman–Crippen LogP) is 1.80. The molecule has 1 aliphatic heterocycles. The Kier molecular flexibility index (Phi) is 4.18. The van der Waals surface area contributed by atoms with Crippen molar-refractivity contribution < 1.29 is 14.1 Å². The van der Waals surface area contributed by atoms with Crippen LogP contribution in [0.4, 0.5) is 6.01 Å². The van der Waals surface area contributed by atoms with Crippen LogP contribution < -0.4 is 9.64 Å². The molecule has 0 radical (unpaired) electrons. The van der Waals surface area contributed by atoms with E-state index in [1.165, 1.54) is 0 Å². The molecule has 1 aliphatic rings. The minimum Gasteiger partial charge on any atom is -0.497 e. The number of hydrogen-bond acceptors (Lipinski definition) is 6. The summed E-state index contributed by atoms with van der Waals surface area (Å²) in [4.78, 5) is 20.2. The second-order valence-electron chi connectivity index (χ2n) is 5.72. The van der Waals surface area contributed by atoms with Gasteiger partial charge in [-0.05, 0) is 25.0 Å². The van der Waals surface area contributed by atoms with Gasteiger partial charge in [0.25, 0.3) is 0 Å². The molecular weight excluding hydrogens is 296 g/mol. The van der Waals surface area contributed by atoms with Gasteiger partial charge in [0.2, 0.25) is 11.7 Å². The van der Waals surface area contributed by atoms with E-state index >= 15 is 0 Å². The minimum atomic E-state index is -0.233. The first-order valence-electron chi connectivity index (χ1n) is 7.56. The molecule has 1 aromatic heterocycles. The van der Waals surface area contributed by atoms with E-state index in [0.29, 0.717) is 11.8 Å². The molecular formula is C16H20N4O3. The zero-order valence-corrected chi connectivity index (χ0v) is 13.5. The summed E-state index contributed by atoms with van der Waals surface area (Å²) < 4.78 is 10.6. The van der Waals surface area contributed by atoms with Crippen LogP contribution in [0.2, 0.25) is 0 Å². The molecule has 1 atom stereocenters. The van der Waals surface area contributed by atoms with Crippen LogP contribution in [-0.4, -0.2) is 54.7 Å². The van der Waals surface area contributed by atoms with Crippen molar-refractivity contribution in [3.63, 3.8) is 0 Å². The topological polar surface area (TPSA) is 71.7 Å². The lowest BCUT2D eigenvalue weighted by Gasteiger charge is -2.24. The monoisotopic (exact) mass is 316 g/mol. The second kappa shape index (κ2) is 6.28. The number of ether oxygens (including phenoxy) is 1. The second-order valence-corrected chi connectivity index (χ2v) is 5.72. The maximum Gasteiger partial charge on any atom is 0.325 e. The third-order valence-corrected chi connectivity index (χ3v) is 3.97. The molecule has 1 amide bonds. The fraction of sp³-hybridized carbons (Fsp3) is 0.438. The molecule has 0 bridgehead atoms. The van der Waals surface area contributed by atoms with Gasteiger partial charge in [-0.3, -0.25) is 4.79 Å². The van der Waals surface area contributed by atoms with Crippen molar-refractivity contribution in [2.24, 2.45) is 0 Å². The van der Waals surface area contributed by atoms with Gasteiger partial charge in [0, 0.05) is 26.2 Å². The molecule has 0 spiro atoms. The van der Waals surface area contributed by atoms with E-state index in [1.807, 2.05) is 29.2 Å². The van der Waals surface area contributed by atoms with Crippen molar-refractivity contribution in [2.75, 3.05) is 32.6 Å². The molecule has 122 valence electrons. The van der Waals surface area contributed by atoms with Gasteiger partial charge in [0.15, 0.2) is 0 Å². The lowest BCUT2D eigenvalue weighted by Crippen LogP contribution is -2.42. The highest BCUT2D eigenvalue weighted by Crippen LogP contribution is 2.28. The molecule has 2 aromatic rings. The van der Waals surface area contributed by atoms with Crippen molar-refractivity contribution in [1.82, 2.24) is 15.0 Å². The number of methoxy groups -OCH3 is 1. The van der Waals surface area contributed by atoms with Gasteiger partial charge in [0.05, 0.1) is 7.11 Å². The zero-order chi connectivity index (χ0) is 16.4. The summed E-state index contributed by atoms with van der Waals surface area (Å²) in [6.45, 7) is 0.740. The Balaban J connectivity index is 1.85. The van der Waals surface area contributed by atoms with Gasteiger partial charge in [0.1, 0.15) is 11.8 Å². The summed E-state index contributed by atoms with van der Waals surface area (Å²) >= 11 is 0. The third-order valence-electron chi connectivity index (χ3n) is 3.97. The van der Waals surface area contributed by atoms with Gasteiger partial charge < -0.3 is 19.1 Å². The van der Waals surface area contributed by atoms with Crippen LogP contribution in [0, 0.1) is 0 Å². The lowest BCUT2D eigenvalue weighted by atomic mass is 10.2. The van der Waals surface area contributed by atoms with Crippen LogP contribution in [0.3, 0.4) is 0 Å². The zero-order valence-electron chi connectivity index (χ0n) is 13.5. The van der Waals surface area contributed by atoms with Crippen molar-refractivity contribution in [3.05, 3.63) is 24.3 Å². The van der Waals surface area contributed by atoms with Gasteiger partial charge in [-0.25, -0.2) is 0 Å². The Bertz CT molecular complexity index is 698. The average Bonchev–Trinajstić information content (AvgIpc) is 3.22. The van der Waals surface area contributed by atoms with Crippen molar-refractivity contribution >= 4 is 11.9 Å². The fourth-order valence-electron chi connectivity index (χ4n) is 2.76. The number of anilines is 1. The molecule has 0 aliphatic carbocycles. The third kappa shape index (κ3) is 2.99. The molecule has 1 fully saturated rings. The number of likely N-dealkylation sites (N-methyl/N-ethyl adjacent to an activating group) is 1. The van der Waals surface area contributed by atoms with E-state index in [2.05, 4.69) is 10.1 Å². The molecule has 23 heavy (non-hydrogen) atoms. The van der Waals surface area contributed by atoms with E-state index in [0.717, 1.165) is 30.7 Å². The number of nitrogens with zero attached hydrogens (tertiary/aromatic N) is 4. The first kappa shape index (κ1) is 15.3. The molecule has 7 heteroatoms. The first-order valence-corrected chi connectivity index (χ1v) is 7.56. The quantitative estimate of drug-likeness (QED) is 0.856. The van der Waals surface area contributed by atoms with E-state index < -0.39 is 0 Å². The highest BCUT2D eigenvalue weighted by molar-refractivity contribution is 5.84. The minimum absolute atomic E-state index is 0.0589. The van der Waals surface area contributed by atoms with E-state index in [9.17, 15) is 4.79 Å². The van der Waals surface area contributed by atoms with Crippen LogP contribution in [0.5, 0.6) is 5.75 Å². The first-order chi connectivity index (χ1) is 11.1. The van der Waals surface area contributed by atoms with Crippen LogP contribution >= 0.6 is 0 Å². The number of benzene rings is 1. The fourth-order valence-corrected chi connectivity index (χ4v) is 2.76. The lowest BCUT2D eigenvalue weighted by molar-refractivity contribution is -0.129. The van der Waals surface area contributed by atoms with E-state index in [4.69, 9.17) is 9.26 Å². The Morgan fingerprint density at radius 1 is 1.43 bits per heavy atom. The Morgan fingerprint density at radius 2 is 2.26 bits per heavy atom. The highest BCUT2D eigenvalue weighted by Gasteiger charge is 2.35. The standard InChI is InChI=1S/C16H20N4O3/c1-19(2)15(21)13-8-5-9-20(13)16-17-14(18-23-16)11-6-4-7-12(10-11)22-3/h4,6-7,10,13H,5,8-9H2,1-3H3. The summed E-state index contributed by atoms with van der Waals surface area (Å²) in [5, 5.41) is 4.04. The van der Waals surface area contributed by atoms with Gasteiger partial charge in [-0.2, -0.15) is 4.98 Å². The number of hydrogen-bond donors (Lipinski definition) is 0. The molecule has 7 nitrogen and oxygen atoms in total. The Labute approximate surface area is 134 Å². The van der Waals surface area contributed by atoms with Gasteiger partial charge in [-0.15, -0.1) is 0 Å². The Morgan fingerprint density at radius 3 is 3.00 bits per heavy atom. The highest BCUT2D eigenvalue weighted by atomic mass is 16.5. The summed E-state index contributed by atoms with van der Waals surface area (Å²) in [5.41, 5.74) is 0.814. The maximum absolute atomic E-state index is 12.3. The number of carbonyl (C=O) groups is 1. The van der Waals surface area contributed by atoms with E-state index in [1.54, 1.807) is 26.1 Å². The van der Waals surface area contributed by atoms with Crippen LogP contribution in [0.15, 0.2) is 28.8 Å². The summed E-state index contributed by atoms with van der Waals surface area (Å²) in [6.07, 6.45) is 1.73. The number of amides is 1. The number of aromatic nitrogens is 2. The number of carbonyl (C=O) groups excluding carboxylic acids is 1. The normalized spacial score (nSPS) is 17.3. The van der Waals surface area contributed by atoms with E-state index in [-0.39, 0.29) is 11.9 Å². The largest absolute Gasteiger partial charge is 0.497 e. The SMILES string of the molecule is COc1cccc(-c2noc(N3CCCC3C(=O)N(C)C)n2)c1. The van der Waals surface area contributed by atoms with Gasteiger partial charge >= 0.3 is 6.01 Å². The number of rotatable bonds is 4. The van der Waals surface area contributed by atoms with Crippen molar-refractivity contribution in [3.8, 4) is 17.1 Å². The molecule has 0 saturated carbocycles. The van der Waals surface area contributed by atoms with Gasteiger partial charge in [-0.1, -0.05) is 17.3 Å². The van der Waals surface area contributed by atoms with Crippen molar-refractivity contribution in [2.45, 2.75) is 18.9 Å². The summed E-state index contributed by atoms with van der Waals surface area (Å²) in [7, 11) is 5.13. The average molecular weight is 316 g/mol. The summed E-state index contributed by atoms with van der Waals surface area (Å²) in [6, 6.07) is 7.63. The molecule has 3 rings (SSSR count). The summed E-state index contributed by atoms with van der Waals surface area (Å²) in [5.74, 6) is 1.28. The smallest absolute Gasteiger partial charge is 0.325 e. The van der Waals surface area contributed by atoms with Crippen LogP contribution in [-0.2, 0) is 4.79 Å². The van der Waals surface area contributed by atoms with Crippen LogP contribution in [0.1, 0.15) is 12.8 Å².